The van der Waals surface area contributed by atoms with E-state index in [0.29, 0.717) is 17.0 Å². The summed E-state index contributed by atoms with van der Waals surface area (Å²) < 4.78 is 10.7. The van der Waals surface area contributed by atoms with Crippen molar-refractivity contribution in [2.24, 2.45) is 0 Å². The Bertz CT molecular complexity index is 1330. The predicted molar refractivity (Wildman–Crippen MR) is 132 cm³/mol. The molecule has 3 aromatic carbocycles. The fraction of sp³-hybridized carbons (Fsp3) is 0.154. The standard InChI is InChI=1S/C26H21Cl2NO5/c1-14-7-4-5-10-18(14)22-21(23(30)19-11-15(27)12-20(28)25(19)34-3)24(31)26(32)29(22)16-8-6-9-17(13-16)33-2/h4-13,22,30H,1-3H3/b23-21+. The van der Waals surface area contributed by atoms with Crippen molar-refractivity contribution in [1.29, 1.82) is 0 Å². The van der Waals surface area contributed by atoms with Gasteiger partial charge in [-0.15, -0.1) is 0 Å². The molecule has 0 aliphatic carbocycles. The summed E-state index contributed by atoms with van der Waals surface area (Å²) in [5.41, 5.74) is 1.98. The van der Waals surface area contributed by atoms with E-state index >= 15 is 0 Å². The number of ketones is 1. The van der Waals surface area contributed by atoms with E-state index in [4.69, 9.17) is 32.7 Å². The first-order valence-electron chi connectivity index (χ1n) is 10.3. The van der Waals surface area contributed by atoms with Crippen LogP contribution in [-0.2, 0) is 9.59 Å². The molecule has 1 saturated heterocycles. The molecule has 1 aliphatic rings. The van der Waals surface area contributed by atoms with Gasteiger partial charge in [-0.3, -0.25) is 14.5 Å². The van der Waals surface area contributed by atoms with Crippen molar-refractivity contribution in [2.75, 3.05) is 19.1 Å². The SMILES string of the molecule is COc1cccc(N2C(=O)C(=O)/C(=C(/O)c3cc(Cl)cc(Cl)c3OC)C2c2ccccc2C)c1. The number of hydrogen-bond donors (Lipinski definition) is 1. The summed E-state index contributed by atoms with van der Waals surface area (Å²) >= 11 is 12.4. The molecule has 4 rings (SSSR count). The van der Waals surface area contributed by atoms with Gasteiger partial charge in [0.1, 0.15) is 17.3 Å². The van der Waals surface area contributed by atoms with Crippen LogP contribution in [0.3, 0.4) is 0 Å². The fourth-order valence-electron chi connectivity index (χ4n) is 4.14. The third-order valence-corrected chi connectivity index (χ3v) is 6.23. The van der Waals surface area contributed by atoms with Gasteiger partial charge in [0.15, 0.2) is 0 Å². The smallest absolute Gasteiger partial charge is 0.300 e. The Balaban J connectivity index is 2.03. The molecule has 0 bridgehead atoms. The van der Waals surface area contributed by atoms with Gasteiger partial charge in [0.25, 0.3) is 11.7 Å². The molecule has 6 nitrogen and oxygen atoms in total. The molecule has 1 atom stereocenters. The van der Waals surface area contributed by atoms with Gasteiger partial charge < -0.3 is 14.6 Å². The summed E-state index contributed by atoms with van der Waals surface area (Å²) in [5, 5.41) is 11.8. The minimum atomic E-state index is -0.907. The number of aliphatic hydroxyl groups excluding tert-OH is 1. The van der Waals surface area contributed by atoms with Crippen LogP contribution < -0.4 is 14.4 Å². The number of anilines is 1. The Labute approximate surface area is 206 Å². The van der Waals surface area contributed by atoms with Gasteiger partial charge in [0.05, 0.1) is 36.4 Å². The lowest BCUT2D eigenvalue weighted by molar-refractivity contribution is -0.132. The van der Waals surface area contributed by atoms with Gasteiger partial charge in [0, 0.05) is 16.8 Å². The molecule has 8 heteroatoms. The van der Waals surface area contributed by atoms with E-state index < -0.39 is 23.5 Å². The lowest BCUT2D eigenvalue weighted by Crippen LogP contribution is -2.29. The van der Waals surface area contributed by atoms with Gasteiger partial charge >= 0.3 is 0 Å². The van der Waals surface area contributed by atoms with Crippen molar-refractivity contribution in [2.45, 2.75) is 13.0 Å². The first-order chi connectivity index (χ1) is 16.3. The summed E-state index contributed by atoms with van der Waals surface area (Å²) in [5.74, 6) is -1.40. The van der Waals surface area contributed by atoms with Gasteiger partial charge in [-0.05, 0) is 42.3 Å². The number of methoxy groups -OCH3 is 2. The average molecular weight is 498 g/mol. The Morgan fingerprint density at radius 2 is 1.71 bits per heavy atom. The minimum absolute atomic E-state index is 0.0984. The van der Waals surface area contributed by atoms with Crippen LogP contribution in [0.2, 0.25) is 10.0 Å². The number of ether oxygens (including phenoxy) is 2. The van der Waals surface area contributed by atoms with Crippen LogP contribution in [0.5, 0.6) is 11.5 Å². The molecule has 1 aliphatic heterocycles. The summed E-state index contributed by atoms with van der Waals surface area (Å²) in [6.07, 6.45) is 0. The maximum absolute atomic E-state index is 13.4. The van der Waals surface area contributed by atoms with Crippen LogP contribution in [0.4, 0.5) is 5.69 Å². The number of aryl methyl sites for hydroxylation is 1. The molecule has 0 spiro atoms. The highest BCUT2D eigenvalue weighted by atomic mass is 35.5. The van der Waals surface area contributed by atoms with E-state index in [-0.39, 0.29) is 26.9 Å². The van der Waals surface area contributed by atoms with Crippen molar-refractivity contribution in [3.05, 3.63) is 93.0 Å². The molecule has 3 aromatic rings. The van der Waals surface area contributed by atoms with Gasteiger partial charge in [0.2, 0.25) is 0 Å². The second-order valence-corrected chi connectivity index (χ2v) is 8.54. The molecule has 1 fully saturated rings. The number of hydrogen-bond acceptors (Lipinski definition) is 5. The normalized spacial score (nSPS) is 17.2. The summed E-state index contributed by atoms with van der Waals surface area (Å²) in [7, 11) is 2.90. The summed E-state index contributed by atoms with van der Waals surface area (Å²) in [6.45, 7) is 1.87. The molecule has 1 heterocycles. The monoisotopic (exact) mass is 497 g/mol. The van der Waals surface area contributed by atoms with Crippen molar-refractivity contribution < 1.29 is 24.2 Å². The highest BCUT2D eigenvalue weighted by molar-refractivity contribution is 6.52. The Morgan fingerprint density at radius 1 is 0.971 bits per heavy atom. The molecule has 1 unspecified atom stereocenters. The van der Waals surface area contributed by atoms with Crippen LogP contribution in [0.15, 0.2) is 66.2 Å². The van der Waals surface area contributed by atoms with Crippen molar-refractivity contribution in [1.82, 2.24) is 0 Å². The van der Waals surface area contributed by atoms with Crippen LogP contribution in [0.1, 0.15) is 22.7 Å². The molecule has 0 aromatic heterocycles. The van der Waals surface area contributed by atoms with E-state index in [0.717, 1.165) is 5.56 Å². The topological polar surface area (TPSA) is 76.1 Å². The number of carbonyl (C=O) groups excluding carboxylic acids is 2. The summed E-state index contributed by atoms with van der Waals surface area (Å²) in [4.78, 5) is 28.1. The first-order valence-corrected chi connectivity index (χ1v) is 11.1. The molecule has 0 radical (unpaired) electrons. The van der Waals surface area contributed by atoms with E-state index in [1.165, 1.54) is 31.3 Å². The van der Waals surface area contributed by atoms with Crippen LogP contribution in [-0.4, -0.2) is 31.0 Å². The molecule has 174 valence electrons. The summed E-state index contributed by atoms with van der Waals surface area (Å²) in [6, 6.07) is 16.2. The number of rotatable bonds is 5. The number of carbonyl (C=O) groups is 2. The average Bonchev–Trinajstić information content (AvgIpc) is 3.08. The zero-order valence-corrected chi connectivity index (χ0v) is 20.1. The first kappa shape index (κ1) is 23.7. The largest absolute Gasteiger partial charge is 0.507 e. The van der Waals surface area contributed by atoms with Crippen molar-refractivity contribution in [3.63, 3.8) is 0 Å². The van der Waals surface area contributed by atoms with Crippen molar-refractivity contribution in [3.8, 4) is 11.5 Å². The highest BCUT2D eigenvalue weighted by Crippen LogP contribution is 2.45. The Hall–Kier alpha value is -3.48. The van der Waals surface area contributed by atoms with E-state index in [2.05, 4.69) is 0 Å². The molecule has 34 heavy (non-hydrogen) atoms. The quantitative estimate of drug-likeness (QED) is 0.268. The number of nitrogens with zero attached hydrogens (tertiary/aromatic N) is 1. The highest BCUT2D eigenvalue weighted by Gasteiger charge is 2.47. The third kappa shape index (κ3) is 4.00. The molecular formula is C26H21Cl2NO5. The van der Waals surface area contributed by atoms with Crippen LogP contribution in [0, 0.1) is 6.92 Å². The van der Waals surface area contributed by atoms with Crippen LogP contribution >= 0.6 is 23.2 Å². The van der Waals surface area contributed by atoms with Crippen molar-refractivity contribution >= 4 is 46.3 Å². The molecule has 0 saturated carbocycles. The second kappa shape index (κ2) is 9.41. The molecular weight excluding hydrogens is 477 g/mol. The molecule has 1 N–H and O–H groups in total. The minimum Gasteiger partial charge on any atom is -0.507 e. The Kier molecular flexibility index (Phi) is 6.55. The van der Waals surface area contributed by atoms with Gasteiger partial charge in [-0.2, -0.15) is 0 Å². The zero-order chi connectivity index (χ0) is 24.6. The number of halogens is 2. The van der Waals surface area contributed by atoms with Gasteiger partial charge in [-0.1, -0.05) is 53.5 Å². The number of amides is 1. The van der Waals surface area contributed by atoms with E-state index in [1.54, 1.807) is 24.3 Å². The Morgan fingerprint density at radius 3 is 2.38 bits per heavy atom. The fourth-order valence-corrected chi connectivity index (χ4v) is 4.71. The number of benzene rings is 3. The maximum atomic E-state index is 13.4. The zero-order valence-electron chi connectivity index (χ0n) is 18.6. The second-order valence-electron chi connectivity index (χ2n) is 7.70. The lowest BCUT2D eigenvalue weighted by Gasteiger charge is -2.27. The van der Waals surface area contributed by atoms with Crippen LogP contribution in [0.25, 0.3) is 5.76 Å². The van der Waals surface area contributed by atoms with E-state index in [9.17, 15) is 14.7 Å². The van der Waals surface area contributed by atoms with E-state index in [1.807, 2.05) is 31.2 Å². The number of aliphatic hydroxyl groups is 1. The van der Waals surface area contributed by atoms with Gasteiger partial charge in [-0.25, -0.2) is 0 Å². The number of Topliss-reactive ketones (excluding diaryl/α,β-unsaturated/α-hetero) is 1. The maximum Gasteiger partial charge on any atom is 0.300 e. The third-order valence-electron chi connectivity index (χ3n) is 5.73. The predicted octanol–water partition coefficient (Wildman–Crippen LogP) is 5.95. The molecule has 1 amide bonds. The lowest BCUT2D eigenvalue weighted by atomic mass is 9.92.